The summed E-state index contributed by atoms with van der Waals surface area (Å²) in [4.78, 5) is 12.0. The Morgan fingerprint density at radius 1 is 1.30 bits per heavy atom. The molecular formula is C14H13F2NO2S. The van der Waals surface area contributed by atoms with Gasteiger partial charge in [0.15, 0.2) is 0 Å². The third-order valence-electron chi connectivity index (χ3n) is 2.58. The van der Waals surface area contributed by atoms with Crippen molar-refractivity contribution in [1.82, 2.24) is 0 Å². The topological polar surface area (TPSA) is 52.3 Å². The molecule has 2 rings (SSSR count). The van der Waals surface area contributed by atoms with E-state index in [1.165, 1.54) is 5.38 Å². The fourth-order valence-corrected chi connectivity index (χ4v) is 2.56. The fraction of sp³-hybridized carbons (Fsp3) is 0.214. The number of ether oxygens (including phenoxy) is 1. The Balaban J connectivity index is 2.53. The lowest BCUT2D eigenvalue weighted by atomic mass is 10.0. The Hall–Kier alpha value is -1.95. The summed E-state index contributed by atoms with van der Waals surface area (Å²) in [6.07, 6.45) is -0.327. The molecule has 0 saturated heterocycles. The summed E-state index contributed by atoms with van der Waals surface area (Å²) in [5.74, 6) is -1.85. The van der Waals surface area contributed by atoms with Crippen LogP contribution in [0.15, 0.2) is 23.6 Å². The zero-order valence-corrected chi connectivity index (χ0v) is 11.8. The number of anilines is 1. The summed E-state index contributed by atoms with van der Waals surface area (Å²) in [6.45, 7) is 3.39. The van der Waals surface area contributed by atoms with Crippen LogP contribution in [-0.2, 0) is 4.74 Å². The Morgan fingerprint density at radius 3 is 2.65 bits per heavy atom. The molecule has 1 aromatic heterocycles. The van der Waals surface area contributed by atoms with Crippen LogP contribution in [-0.4, -0.2) is 12.1 Å². The molecular weight excluding hydrogens is 284 g/mol. The van der Waals surface area contributed by atoms with E-state index in [1.807, 2.05) is 0 Å². The van der Waals surface area contributed by atoms with Crippen LogP contribution in [0, 0.1) is 11.6 Å². The Kier molecular flexibility index (Phi) is 4.04. The summed E-state index contributed by atoms with van der Waals surface area (Å²) in [5.41, 5.74) is 6.06. The van der Waals surface area contributed by atoms with Crippen LogP contribution in [0.5, 0.6) is 0 Å². The predicted molar refractivity (Wildman–Crippen MR) is 74.6 cm³/mol. The lowest BCUT2D eigenvalue weighted by Gasteiger charge is -2.10. The smallest absolute Gasteiger partial charge is 0.342 e. The minimum absolute atomic E-state index is 0.00587. The van der Waals surface area contributed by atoms with Crippen LogP contribution in [0.25, 0.3) is 11.1 Å². The van der Waals surface area contributed by atoms with Gasteiger partial charge in [0, 0.05) is 16.5 Å². The minimum Gasteiger partial charge on any atom is -0.459 e. The van der Waals surface area contributed by atoms with Crippen molar-refractivity contribution in [2.24, 2.45) is 0 Å². The molecule has 2 N–H and O–H groups in total. The van der Waals surface area contributed by atoms with Gasteiger partial charge in [-0.15, -0.1) is 11.3 Å². The number of esters is 1. The second-order valence-electron chi connectivity index (χ2n) is 4.47. The molecule has 2 aromatic rings. The number of halogens is 2. The van der Waals surface area contributed by atoms with E-state index in [0.29, 0.717) is 0 Å². The number of nitrogen functional groups attached to an aromatic ring is 1. The number of carbonyl (C=O) groups excluding carboxylic acids is 1. The number of nitrogens with two attached hydrogens (primary N) is 1. The molecule has 0 radical (unpaired) electrons. The zero-order chi connectivity index (χ0) is 14.9. The summed E-state index contributed by atoms with van der Waals surface area (Å²) in [5, 5.41) is 1.73. The number of benzene rings is 1. The van der Waals surface area contributed by atoms with E-state index >= 15 is 0 Å². The molecule has 0 bridgehead atoms. The first kappa shape index (κ1) is 14.5. The number of rotatable bonds is 3. The summed E-state index contributed by atoms with van der Waals surface area (Å²) in [6, 6.07) is 3.06. The number of hydrogen-bond donors (Lipinski definition) is 1. The van der Waals surface area contributed by atoms with Gasteiger partial charge in [-0.05, 0) is 32.0 Å². The molecule has 0 aliphatic heterocycles. The Labute approximate surface area is 119 Å². The van der Waals surface area contributed by atoms with Gasteiger partial charge >= 0.3 is 5.97 Å². The molecule has 3 nitrogen and oxygen atoms in total. The fourth-order valence-electron chi connectivity index (χ4n) is 1.76. The van der Waals surface area contributed by atoms with E-state index in [9.17, 15) is 13.6 Å². The molecule has 0 saturated carbocycles. The standard InChI is InChI=1S/C14H13F2NO2S/c1-7(2)19-14(18)12-10(6-20-13(12)17)9-5-8(15)3-4-11(9)16/h3-7H,17H2,1-2H3. The third kappa shape index (κ3) is 2.80. The van der Waals surface area contributed by atoms with Crippen LogP contribution in [0.1, 0.15) is 24.2 Å². The monoisotopic (exact) mass is 297 g/mol. The summed E-state index contributed by atoms with van der Waals surface area (Å²) >= 11 is 1.08. The van der Waals surface area contributed by atoms with E-state index in [1.54, 1.807) is 13.8 Å². The lowest BCUT2D eigenvalue weighted by molar-refractivity contribution is 0.0380. The van der Waals surface area contributed by atoms with Gasteiger partial charge in [0.1, 0.15) is 22.2 Å². The van der Waals surface area contributed by atoms with E-state index in [4.69, 9.17) is 10.5 Å². The van der Waals surface area contributed by atoms with E-state index < -0.39 is 17.6 Å². The van der Waals surface area contributed by atoms with Crippen LogP contribution in [0.3, 0.4) is 0 Å². The molecule has 0 spiro atoms. The molecule has 1 aromatic carbocycles. The highest BCUT2D eigenvalue weighted by atomic mass is 32.1. The van der Waals surface area contributed by atoms with Gasteiger partial charge < -0.3 is 10.5 Å². The maximum Gasteiger partial charge on any atom is 0.342 e. The highest BCUT2D eigenvalue weighted by Crippen LogP contribution is 2.35. The van der Waals surface area contributed by atoms with Gasteiger partial charge in [0.2, 0.25) is 0 Å². The second kappa shape index (κ2) is 5.58. The predicted octanol–water partition coefficient (Wildman–Crippen LogP) is 3.84. The van der Waals surface area contributed by atoms with Crippen molar-refractivity contribution >= 4 is 22.3 Å². The van der Waals surface area contributed by atoms with Crippen molar-refractivity contribution in [3.63, 3.8) is 0 Å². The van der Waals surface area contributed by atoms with Gasteiger partial charge in [-0.25, -0.2) is 13.6 Å². The maximum atomic E-state index is 13.8. The minimum atomic E-state index is -0.641. The first-order chi connectivity index (χ1) is 9.40. The van der Waals surface area contributed by atoms with Crippen LogP contribution in [0.2, 0.25) is 0 Å². The molecule has 20 heavy (non-hydrogen) atoms. The number of thiophene rings is 1. The average Bonchev–Trinajstić information content (AvgIpc) is 2.73. The van der Waals surface area contributed by atoms with Crippen molar-refractivity contribution in [3.8, 4) is 11.1 Å². The molecule has 0 aliphatic carbocycles. The van der Waals surface area contributed by atoms with Crippen molar-refractivity contribution in [1.29, 1.82) is 0 Å². The van der Waals surface area contributed by atoms with E-state index in [0.717, 1.165) is 29.5 Å². The average molecular weight is 297 g/mol. The summed E-state index contributed by atoms with van der Waals surface area (Å²) < 4.78 is 32.2. The zero-order valence-electron chi connectivity index (χ0n) is 10.9. The molecule has 0 atom stereocenters. The normalized spacial score (nSPS) is 10.8. The molecule has 0 unspecified atom stereocenters. The maximum absolute atomic E-state index is 13.8. The molecule has 0 amide bonds. The van der Waals surface area contributed by atoms with Gasteiger partial charge in [-0.3, -0.25) is 0 Å². The first-order valence-corrected chi connectivity index (χ1v) is 6.81. The number of hydrogen-bond acceptors (Lipinski definition) is 4. The van der Waals surface area contributed by atoms with Crippen molar-refractivity contribution in [3.05, 3.63) is 40.8 Å². The SMILES string of the molecule is CC(C)OC(=O)c1c(-c2cc(F)ccc2F)csc1N. The molecule has 6 heteroatoms. The van der Waals surface area contributed by atoms with Crippen molar-refractivity contribution in [2.45, 2.75) is 20.0 Å². The van der Waals surface area contributed by atoms with Gasteiger partial charge in [0.05, 0.1) is 6.10 Å². The first-order valence-electron chi connectivity index (χ1n) is 5.93. The second-order valence-corrected chi connectivity index (χ2v) is 5.38. The van der Waals surface area contributed by atoms with Gasteiger partial charge in [0.25, 0.3) is 0 Å². The molecule has 0 aliphatic rings. The highest BCUT2D eigenvalue weighted by molar-refractivity contribution is 7.14. The van der Waals surface area contributed by atoms with Gasteiger partial charge in [-0.1, -0.05) is 0 Å². The van der Waals surface area contributed by atoms with Crippen LogP contribution in [0.4, 0.5) is 13.8 Å². The van der Waals surface area contributed by atoms with E-state index in [-0.39, 0.29) is 27.8 Å². The van der Waals surface area contributed by atoms with Gasteiger partial charge in [-0.2, -0.15) is 0 Å². The van der Waals surface area contributed by atoms with Crippen molar-refractivity contribution < 1.29 is 18.3 Å². The third-order valence-corrected chi connectivity index (χ3v) is 3.40. The number of carbonyl (C=O) groups is 1. The van der Waals surface area contributed by atoms with Crippen molar-refractivity contribution in [2.75, 3.05) is 5.73 Å². The van der Waals surface area contributed by atoms with Crippen LogP contribution < -0.4 is 5.73 Å². The van der Waals surface area contributed by atoms with Crippen LogP contribution >= 0.6 is 11.3 Å². The quantitative estimate of drug-likeness (QED) is 0.876. The Morgan fingerprint density at radius 2 is 2.00 bits per heavy atom. The van der Waals surface area contributed by atoms with E-state index in [2.05, 4.69) is 0 Å². The Bertz CT molecular complexity index is 653. The lowest BCUT2D eigenvalue weighted by Crippen LogP contribution is -2.13. The molecule has 106 valence electrons. The summed E-state index contributed by atoms with van der Waals surface area (Å²) in [7, 11) is 0. The highest BCUT2D eigenvalue weighted by Gasteiger charge is 2.22. The largest absolute Gasteiger partial charge is 0.459 e. The molecule has 0 fully saturated rings. The molecule has 1 heterocycles.